The molecule has 0 saturated heterocycles. The van der Waals surface area contributed by atoms with E-state index in [4.69, 9.17) is 0 Å². The molecule has 0 aromatic carbocycles. The van der Waals surface area contributed by atoms with Gasteiger partial charge >= 0.3 is 0 Å². The van der Waals surface area contributed by atoms with Crippen molar-refractivity contribution in [1.29, 1.82) is 0 Å². The molecule has 2 nitrogen and oxygen atoms in total. The Bertz CT molecular complexity index is 237. The van der Waals surface area contributed by atoms with Crippen LogP contribution in [0, 0.1) is 0 Å². The molecule has 0 aromatic rings. The summed E-state index contributed by atoms with van der Waals surface area (Å²) < 4.78 is 0. The summed E-state index contributed by atoms with van der Waals surface area (Å²) in [5.74, 6) is 0. The van der Waals surface area contributed by atoms with E-state index in [9.17, 15) is 0 Å². The SMILES string of the molecule is CCCCN(C1CC1)C1CCCCCCC1NCC. The lowest BCUT2D eigenvalue weighted by molar-refractivity contribution is 0.123. The standard InChI is InChI=1S/C17H34N2/c1-3-5-14-19(15-12-13-15)17-11-9-7-6-8-10-16(17)18-4-2/h15-18H,3-14H2,1-2H3. The molecule has 2 rings (SSSR count). The zero-order chi connectivity index (χ0) is 13.5. The second kappa shape index (κ2) is 8.26. The van der Waals surface area contributed by atoms with Gasteiger partial charge in [0.2, 0.25) is 0 Å². The van der Waals surface area contributed by atoms with Crippen molar-refractivity contribution >= 4 is 0 Å². The highest BCUT2D eigenvalue weighted by atomic mass is 15.2. The summed E-state index contributed by atoms with van der Waals surface area (Å²) in [5, 5.41) is 3.80. The van der Waals surface area contributed by atoms with Gasteiger partial charge in [-0.05, 0) is 45.2 Å². The van der Waals surface area contributed by atoms with Crippen molar-refractivity contribution in [3.05, 3.63) is 0 Å². The molecular formula is C17H34N2. The average Bonchev–Trinajstić information content (AvgIpc) is 3.20. The van der Waals surface area contributed by atoms with Crippen LogP contribution < -0.4 is 5.32 Å². The summed E-state index contributed by atoms with van der Waals surface area (Å²) in [6, 6.07) is 2.50. The highest BCUT2D eigenvalue weighted by Gasteiger charge is 2.36. The number of nitrogens with zero attached hydrogens (tertiary/aromatic N) is 1. The highest BCUT2D eigenvalue weighted by molar-refractivity contribution is 4.94. The van der Waals surface area contributed by atoms with Crippen molar-refractivity contribution in [2.24, 2.45) is 0 Å². The fourth-order valence-corrected chi connectivity index (χ4v) is 3.73. The van der Waals surface area contributed by atoms with Gasteiger partial charge in [-0.25, -0.2) is 0 Å². The van der Waals surface area contributed by atoms with Crippen molar-refractivity contribution in [1.82, 2.24) is 10.2 Å². The van der Waals surface area contributed by atoms with Gasteiger partial charge in [0.15, 0.2) is 0 Å². The Hall–Kier alpha value is -0.0800. The molecule has 2 aliphatic carbocycles. The van der Waals surface area contributed by atoms with Crippen molar-refractivity contribution in [3.8, 4) is 0 Å². The first-order chi connectivity index (χ1) is 9.36. The van der Waals surface area contributed by atoms with Gasteiger partial charge < -0.3 is 5.32 Å². The lowest BCUT2D eigenvalue weighted by Gasteiger charge is -2.39. The number of hydrogen-bond acceptors (Lipinski definition) is 2. The zero-order valence-electron chi connectivity index (χ0n) is 13.2. The van der Waals surface area contributed by atoms with Crippen LogP contribution in [0.15, 0.2) is 0 Å². The molecule has 0 heterocycles. The molecule has 0 bridgehead atoms. The Morgan fingerprint density at radius 2 is 1.68 bits per heavy atom. The second-order valence-corrected chi connectivity index (χ2v) is 6.55. The van der Waals surface area contributed by atoms with E-state index in [1.165, 1.54) is 70.8 Å². The summed E-state index contributed by atoms with van der Waals surface area (Å²) in [7, 11) is 0. The first kappa shape index (κ1) is 15.3. The monoisotopic (exact) mass is 266 g/mol. The van der Waals surface area contributed by atoms with Crippen molar-refractivity contribution in [2.75, 3.05) is 13.1 Å². The van der Waals surface area contributed by atoms with Gasteiger partial charge in [-0.1, -0.05) is 46.0 Å². The van der Waals surface area contributed by atoms with Crippen molar-refractivity contribution < 1.29 is 0 Å². The molecule has 1 N–H and O–H groups in total. The van der Waals surface area contributed by atoms with Gasteiger partial charge in [-0.15, -0.1) is 0 Å². The molecule has 2 heteroatoms. The van der Waals surface area contributed by atoms with Gasteiger partial charge in [-0.2, -0.15) is 0 Å². The van der Waals surface area contributed by atoms with Gasteiger partial charge in [0.25, 0.3) is 0 Å². The molecule has 112 valence electrons. The quantitative estimate of drug-likeness (QED) is 0.750. The van der Waals surface area contributed by atoms with Crippen LogP contribution in [0.25, 0.3) is 0 Å². The van der Waals surface area contributed by atoms with E-state index in [-0.39, 0.29) is 0 Å². The third-order valence-corrected chi connectivity index (χ3v) is 4.91. The van der Waals surface area contributed by atoms with E-state index >= 15 is 0 Å². The Morgan fingerprint density at radius 1 is 0.947 bits per heavy atom. The van der Waals surface area contributed by atoms with E-state index in [0.717, 1.165) is 24.7 Å². The van der Waals surface area contributed by atoms with Gasteiger partial charge in [0.05, 0.1) is 0 Å². The largest absolute Gasteiger partial charge is 0.313 e. The number of likely N-dealkylation sites (N-methyl/N-ethyl adjacent to an activating group) is 1. The molecule has 2 atom stereocenters. The molecule has 0 radical (unpaired) electrons. The minimum absolute atomic E-state index is 0.753. The minimum atomic E-state index is 0.753. The van der Waals surface area contributed by atoms with E-state index in [2.05, 4.69) is 24.1 Å². The van der Waals surface area contributed by atoms with Crippen molar-refractivity contribution in [2.45, 2.75) is 96.2 Å². The smallest absolute Gasteiger partial charge is 0.0252 e. The molecule has 2 aliphatic rings. The van der Waals surface area contributed by atoms with Gasteiger partial charge in [0, 0.05) is 18.1 Å². The van der Waals surface area contributed by atoms with Crippen LogP contribution in [0.2, 0.25) is 0 Å². The third-order valence-electron chi connectivity index (χ3n) is 4.91. The Morgan fingerprint density at radius 3 is 2.32 bits per heavy atom. The third kappa shape index (κ3) is 4.75. The number of unbranched alkanes of at least 4 members (excludes halogenated alkanes) is 1. The van der Waals surface area contributed by atoms with Crippen LogP contribution in [0.3, 0.4) is 0 Å². The summed E-state index contributed by atoms with van der Waals surface area (Å²) >= 11 is 0. The molecule has 2 saturated carbocycles. The second-order valence-electron chi connectivity index (χ2n) is 6.55. The normalized spacial score (nSPS) is 29.2. The molecule has 0 aromatic heterocycles. The number of rotatable bonds is 7. The Balaban J connectivity index is 1.99. The minimum Gasteiger partial charge on any atom is -0.313 e. The van der Waals surface area contributed by atoms with E-state index in [1.54, 1.807) is 0 Å². The summed E-state index contributed by atoms with van der Waals surface area (Å²) in [4.78, 5) is 2.89. The first-order valence-electron chi connectivity index (χ1n) is 8.86. The topological polar surface area (TPSA) is 15.3 Å². The van der Waals surface area contributed by atoms with Crippen LogP contribution >= 0.6 is 0 Å². The summed E-state index contributed by atoms with van der Waals surface area (Å²) in [6.07, 6.45) is 14.2. The Labute approximate surface area is 120 Å². The molecule has 0 amide bonds. The molecule has 0 spiro atoms. The van der Waals surface area contributed by atoms with Crippen LogP contribution in [-0.2, 0) is 0 Å². The maximum absolute atomic E-state index is 3.80. The number of hydrogen-bond donors (Lipinski definition) is 1. The highest BCUT2D eigenvalue weighted by Crippen LogP contribution is 2.33. The zero-order valence-corrected chi connectivity index (χ0v) is 13.2. The fourth-order valence-electron chi connectivity index (χ4n) is 3.73. The molecular weight excluding hydrogens is 232 g/mol. The molecule has 0 aliphatic heterocycles. The lowest BCUT2D eigenvalue weighted by atomic mass is 9.90. The average molecular weight is 266 g/mol. The molecule has 19 heavy (non-hydrogen) atoms. The van der Waals surface area contributed by atoms with Crippen LogP contribution in [0.1, 0.15) is 78.1 Å². The van der Waals surface area contributed by atoms with Gasteiger partial charge in [-0.3, -0.25) is 4.90 Å². The summed E-state index contributed by atoms with van der Waals surface area (Å²) in [6.45, 7) is 7.06. The first-order valence-corrected chi connectivity index (χ1v) is 8.86. The lowest BCUT2D eigenvalue weighted by Crippen LogP contribution is -2.51. The molecule has 2 fully saturated rings. The maximum Gasteiger partial charge on any atom is 0.0252 e. The number of nitrogens with one attached hydrogen (secondary N) is 1. The van der Waals surface area contributed by atoms with Crippen LogP contribution in [0.5, 0.6) is 0 Å². The van der Waals surface area contributed by atoms with Gasteiger partial charge in [0.1, 0.15) is 0 Å². The van der Waals surface area contributed by atoms with Crippen LogP contribution in [-0.4, -0.2) is 36.1 Å². The van der Waals surface area contributed by atoms with E-state index in [1.807, 2.05) is 0 Å². The maximum atomic E-state index is 3.80. The summed E-state index contributed by atoms with van der Waals surface area (Å²) in [5.41, 5.74) is 0. The Kier molecular flexibility index (Phi) is 6.66. The van der Waals surface area contributed by atoms with E-state index in [0.29, 0.717) is 0 Å². The van der Waals surface area contributed by atoms with Crippen LogP contribution in [0.4, 0.5) is 0 Å². The van der Waals surface area contributed by atoms with E-state index < -0.39 is 0 Å². The fraction of sp³-hybridized carbons (Fsp3) is 1.00. The molecule has 2 unspecified atom stereocenters. The predicted octanol–water partition coefficient (Wildman–Crippen LogP) is 3.95. The van der Waals surface area contributed by atoms with Crippen molar-refractivity contribution in [3.63, 3.8) is 0 Å². The predicted molar refractivity (Wildman–Crippen MR) is 83.6 cm³/mol.